The van der Waals surface area contributed by atoms with Gasteiger partial charge in [-0.05, 0) is 62.7 Å². The van der Waals surface area contributed by atoms with E-state index in [1.807, 2.05) is 12.1 Å². The fourth-order valence-electron chi connectivity index (χ4n) is 3.52. The molecular weight excluding hydrogens is 408 g/mol. The minimum Gasteiger partial charge on any atom is -0.478 e. The van der Waals surface area contributed by atoms with Gasteiger partial charge in [-0.1, -0.05) is 12.1 Å². The molecule has 1 aliphatic heterocycles. The molecule has 0 aliphatic carbocycles. The fraction of sp³-hybridized carbons (Fsp3) is 0.208. The van der Waals surface area contributed by atoms with Crippen molar-refractivity contribution in [3.63, 3.8) is 0 Å². The molecule has 2 aromatic carbocycles. The molecule has 8 nitrogen and oxygen atoms in total. The molecule has 0 fully saturated rings. The first-order valence-corrected chi connectivity index (χ1v) is 10.1. The molecule has 1 heterocycles. The van der Waals surface area contributed by atoms with Crippen LogP contribution in [0.25, 0.3) is 4.85 Å². The first-order chi connectivity index (χ1) is 15.3. The van der Waals surface area contributed by atoms with Crippen LogP contribution in [0.2, 0.25) is 0 Å². The van der Waals surface area contributed by atoms with Crippen molar-refractivity contribution in [1.82, 2.24) is 0 Å². The Morgan fingerprint density at radius 1 is 1.06 bits per heavy atom. The Bertz CT molecular complexity index is 1190. The first-order valence-electron chi connectivity index (χ1n) is 10.1. The molecule has 0 aromatic heterocycles. The van der Waals surface area contributed by atoms with Crippen LogP contribution in [0.15, 0.2) is 64.8 Å². The van der Waals surface area contributed by atoms with Crippen molar-refractivity contribution >= 4 is 40.6 Å². The van der Waals surface area contributed by atoms with Crippen LogP contribution in [0.5, 0.6) is 0 Å². The van der Waals surface area contributed by atoms with Gasteiger partial charge >= 0.3 is 5.97 Å². The van der Waals surface area contributed by atoms with E-state index in [1.165, 1.54) is 31.2 Å². The van der Waals surface area contributed by atoms with Gasteiger partial charge < -0.3 is 10.0 Å². The molecule has 0 saturated heterocycles. The number of aliphatic imine (C=N–C) groups is 1. The second-order valence-corrected chi connectivity index (χ2v) is 7.00. The second-order valence-electron chi connectivity index (χ2n) is 7.00. The van der Waals surface area contributed by atoms with Crippen LogP contribution in [-0.4, -0.2) is 41.7 Å². The summed E-state index contributed by atoms with van der Waals surface area (Å²) in [7, 11) is 0. The maximum atomic E-state index is 13.3. The van der Waals surface area contributed by atoms with E-state index in [-0.39, 0.29) is 28.2 Å². The van der Waals surface area contributed by atoms with Gasteiger partial charge in [0.05, 0.1) is 23.5 Å². The van der Waals surface area contributed by atoms with Gasteiger partial charge in [0.1, 0.15) is 5.71 Å². The molecular formula is C24H22N4O4. The van der Waals surface area contributed by atoms with Crippen LogP contribution >= 0.6 is 0 Å². The summed E-state index contributed by atoms with van der Waals surface area (Å²) in [6.45, 7) is 14.7. The highest BCUT2D eigenvalue weighted by Crippen LogP contribution is 2.30. The zero-order chi connectivity index (χ0) is 23.4. The van der Waals surface area contributed by atoms with Crippen molar-refractivity contribution in [2.24, 2.45) is 4.99 Å². The number of benzene rings is 2. The van der Waals surface area contributed by atoms with Gasteiger partial charge in [-0.15, -0.1) is 0 Å². The minimum absolute atomic E-state index is 0.0774. The largest absolute Gasteiger partial charge is 0.478 e. The van der Waals surface area contributed by atoms with Gasteiger partial charge in [-0.25, -0.2) is 19.5 Å². The maximum absolute atomic E-state index is 13.3. The van der Waals surface area contributed by atoms with Crippen LogP contribution in [0.4, 0.5) is 17.1 Å². The summed E-state index contributed by atoms with van der Waals surface area (Å²) in [5, 5.41) is 9.50. The number of carboxylic acid groups (broad SMARTS) is 1. The van der Waals surface area contributed by atoms with Crippen molar-refractivity contribution in [2.45, 2.75) is 20.8 Å². The van der Waals surface area contributed by atoms with E-state index in [0.717, 1.165) is 18.8 Å². The number of aromatic carboxylic acids is 1. The first kappa shape index (κ1) is 22.4. The summed E-state index contributed by atoms with van der Waals surface area (Å²) in [4.78, 5) is 48.4. The highest BCUT2D eigenvalue weighted by Gasteiger charge is 2.39. The van der Waals surface area contributed by atoms with Gasteiger partial charge in [0.2, 0.25) is 0 Å². The third-order valence-corrected chi connectivity index (χ3v) is 5.23. The van der Waals surface area contributed by atoms with Crippen molar-refractivity contribution in [2.75, 3.05) is 22.9 Å². The molecule has 2 amide bonds. The van der Waals surface area contributed by atoms with Crippen molar-refractivity contribution in [3.8, 4) is 0 Å². The molecule has 0 spiro atoms. The molecule has 8 heteroatoms. The Hall–Kier alpha value is -4.25. The highest BCUT2D eigenvalue weighted by atomic mass is 16.4. The van der Waals surface area contributed by atoms with Gasteiger partial charge in [0.25, 0.3) is 17.5 Å². The summed E-state index contributed by atoms with van der Waals surface area (Å²) in [6.07, 6.45) is 0. The Labute approximate surface area is 185 Å². The zero-order valence-corrected chi connectivity index (χ0v) is 18.0. The molecule has 162 valence electrons. The number of carbonyl (C=O) groups excluding carboxylic acids is 2. The lowest BCUT2D eigenvalue weighted by molar-refractivity contribution is -0.121. The lowest BCUT2D eigenvalue weighted by Crippen LogP contribution is -2.47. The Kier molecular flexibility index (Phi) is 6.50. The van der Waals surface area contributed by atoms with Crippen molar-refractivity contribution in [1.29, 1.82) is 0 Å². The molecule has 1 N–H and O–H groups in total. The van der Waals surface area contributed by atoms with E-state index in [1.54, 1.807) is 12.1 Å². The van der Waals surface area contributed by atoms with E-state index in [0.29, 0.717) is 10.6 Å². The number of hydrogen-bond donors (Lipinski definition) is 1. The molecule has 0 atom stereocenters. The summed E-state index contributed by atoms with van der Waals surface area (Å²) in [5.41, 5.74) is 0.972. The number of carboxylic acids is 1. The number of amides is 2. The van der Waals surface area contributed by atoms with E-state index in [2.05, 4.69) is 28.6 Å². The quantitative estimate of drug-likeness (QED) is 0.551. The number of para-hydroxylation sites is 1. The maximum Gasteiger partial charge on any atom is 0.337 e. The van der Waals surface area contributed by atoms with E-state index < -0.39 is 17.8 Å². The third-order valence-electron chi connectivity index (χ3n) is 5.23. The lowest BCUT2D eigenvalue weighted by atomic mass is 10.0. The lowest BCUT2D eigenvalue weighted by Gasteiger charge is -2.27. The number of anilines is 2. The predicted octanol–water partition coefficient (Wildman–Crippen LogP) is 4.07. The molecule has 0 bridgehead atoms. The summed E-state index contributed by atoms with van der Waals surface area (Å²) >= 11 is 0. The zero-order valence-electron chi connectivity index (χ0n) is 18.0. The molecule has 0 unspecified atom stereocenters. The van der Waals surface area contributed by atoms with E-state index in [9.17, 15) is 19.5 Å². The van der Waals surface area contributed by atoms with E-state index >= 15 is 0 Å². The monoisotopic (exact) mass is 430 g/mol. The standard InChI is InChI=1S/C24H22N4O4/c1-5-27(6-2)17-13-11-16(12-14-17)26-21-15(3)20(25-4)22(29)28(23(21)30)19-10-8-7-9-18(19)24(31)32/h7-14H,5-6H2,1-3H3,(H,31,32). The molecule has 1 aliphatic rings. The number of hydrogen-bond acceptors (Lipinski definition) is 5. The molecule has 32 heavy (non-hydrogen) atoms. The van der Waals surface area contributed by atoms with Crippen LogP contribution < -0.4 is 9.80 Å². The number of imide groups is 1. The van der Waals surface area contributed by atoms with Crippen LogP contribution in [0, 0.1) is 6.57 Å². The second kappa shape index (κ2) is 9.27. The van der Waals surface area contributed by atoms with Crippen LogP contribution in [0.1, 0.15) is 31.1 Å². The average Bonchev–Trinajstić information content (AvgIpc) is 2.79. The predicted molar refractivity (Wildman–Crippen MR) is 122 cm³/mol. The van der Waals surface area contributed by atoms with Crippen molar-refractivity contribution < 1.29 is 19.5 Å². The average molecular weight is 430 g/mol. The smallest absolute Gasteiger partial charge is 0.337 e. The normalized spacial score (nSPS) is 15.2. The van der Waals surface area contributed by atoms with Gasteiger partial charge in [-0.2, -0.15) is 0 Å². The van der Waals surface area contributed by atoms with E-state index in [4.69, 9.17) is 6.57 Å². The minimum atomic E-state index is -1.29. The van der Waals surface area contributed by atoms with Crippen LogP contribution in [-0.2, 0) is 9.59 Å². The number of rotatable bonds is 6. The Morgan fingerprint density at radius 2 is 1.69 bits per heavy atom. The molecule has 0 saturated carbocycles. The van der Waals surface area contributed by atoms with Gasteiger partial charge in [-0.3, -0.25) is 9.59 Å². The SMILES string of the molecule is [C-]#[N+]C1=C(C)C(=Nc2ccc(N(CC)CC)cc2)C(=O)N(c2ccccc2C(=O)O)C1=O. The highest BCUT2D eigenvalue weighted by molar-refractivity contribution is 6.57. The molecule has 2 aromatic rings. The van der Waals surface area contributed by atoms with Gasteiger partial charge in [0, 0.05) is 18.8 Å². The summed E-state index contributed by atoms with van der Waals surface area (Å²) < 4.78 is 0. The molecule has 3 rings (SSSR count). The number of carbonyl (C=O) groups is 3. The summed E-state index contributed by atoms with van der Waals surface area (Å²) in [5.74, 6) is -2.93. The topological polar surface area (TPSA) is 94.6 Å². The summed E-state index contributed by atoms with van der Waals surface area (Å²) in [6, 6.07) is 13.0. The third kappa shape index (κ3) is 4.01. The fourth-order valence-corrected chi connectivity index (χ4v) is 3.52. The Balaban J connectivity index is 2.12. The van der Waals surface area contributed by atoms with Crippen LogP contribution in [0.3, 0.4) is 0 Å². The van der Waals surface area contributed by atoms with Crippen molar-refractivity contribution in [3.05, 3.63) is 76.8 Å². The number of nitrogens with zero attached hydrogens (tertiary/aromatic N) is 4. The Morgan fingerprint density at radius 3 is 2.25 bits per heavy atom. The van der Waals surface area contributed by atoms with Gasteiger partial charge in [0.15, 0.2) is 0 Å². The molecule has 0 radical (unpaired) electrons.